The minimum Gasteiger partial charge on any atom is -0.497 e. The molecule has 0 aromatic heterocycles. The molecular weight excluding hydrogens is 298 g/mol. The number of nitro benzene ring substituents is 1. The number of benzene rings is 2. The van der Waals surface area contributed by atoms with Crippen molar-refractivity contribution < 1.29 is 22.3 Å². The molecule has 110 valence electrons. The number of nitrogens with zero attached hydrogens (tertiary/aromatic N) is 1. The maximum Gasteiger partial charge on any atom is 0.339 e. The predicted molar refractivity (Wildman–Crippen MR) is 73.9 cm³/mol. The van der Waals surface area contributed by atoms with Crippen LogP contribution in [0.2, 0.25) is 0 Å². The van der Waals surface area contributed by atoms with Gasteiger partial charge in [0, 0.05) is 18.2 Å². The Hall–Kier alpha value is -2.61. The molecule has 0 bridgehead atoms. The Bertz CT molecular complexity index is 772. The number of hydrogen-bond donors (Lipinski definition) is 0. The third-order valence-electron chi connectivity index (χ3n) is 2.56. The number of nitro groups is 1. The molecule has 0 saturated heterocycles. The van der Waals surface area contributed by atoms with Gasteiger partial charge in [-0.3, -0.25) is 10.1 Å². The summed E-state index contributed by atoms with van der Waals surface area (Å²) < 4.78 is 34.1. The molecular formula is C13H11NO6S. The predicted octanol–water partition coefficient (Wildman–Crippen LogP) is 2.37. The molecule has 8 heteroatoms. The minimum absolute atomic E-state index is 0.0563. The Morgan fingerprint density at radius 2 is 1.71 bits per heavy atom. The topological polar surface area (TPSA) is 95.7 Å². The van der Waals surface area contributed by atoms with Crippen LogP contribution in [-0.2, 0) is 10.1 Å². The minimum atomic E-state index is -4.15. The first-order valence-electron chi connectivity index (χ1n) is 5.75. The van der Waals surface area contributed by atoms with Crippen molar-refractivity contribution in [1.82, 2.24) is 0 Å². The van der Waals surface area contributed by atoms with Gasteiger partial charge < -0.3 is 8.92 Å². The average molecular weight is 309 g/mol. The maximum atomic E-state index is 12.1. The molecule has 0 atom stereocenters. The van der Waals surface area contributed by atoms with E-state index in [1.54, 1.807) is 12.1 Å². The summed E-state index contributed by atoms with van der Waals surface area (Å²) in [5.74, 6) is 0.489. The zero-order valence-electron chi connectivity index (χ0n) is 10.9. The summed E-state index contributed by atoms with van der Waals surface area (Å²) in [6.07, 6.45) is 0. The molecule has 2 aromatic carbocycles. The normalized spacial score (nSPS) is 10.9. The van der Waals surface area contributed by atoms with Gasteiger partial charge in [-0.1, -0.05) is 12.1 Å². The molecule has 0 aliphatic rings. The fourth-order valence-electron chi connectivity index (χ4n) is 1.58. The highest BCUT2D eigenvalue weighted by Gasteiger charge is 2.20. The number of methoxy groups -OCH3 is 1. The van der Waals surface area contributed by atoms with Gasteiger partial charge in [-0.05, 0) is 18.2 Å². The van der Waals surface area contributed by atoms with Crippen LogP contribution in [0.3, 0.4) is 0 Å². The second kappa shape index (κ2) is 5.80. The number of ether oxygens (including phenoxy) is 1. The van der Waals surface area contributed by atoms with Crippen LogP contribution < -0.4 is 8.92 Å². The molecule has 7 nitrogen and oxygen atoms in total. The summed E-state index contributed by atoms with van der Waals surface area (Å²) in [6.45, 7) is 0. The standard InChI is InChI=1S/C13H11NO6S/c1-19-11-5-3-6-12(9-11)20-21(17,18)13-7-2-4-10(8-13)14(15)16/h2-9H,1H3. The molecule has 0 radical (unpaired) electrons. The lowest BCUT2D eigenvalue weighted by molar-refractivity contribution is -0.385. The van der Waals surface area contributed by atoms with Crippen molar-refractivity contribution >= 4 is 15.8 Å². The van der Waals surface area contributed by atoms with Gasteiger partial charge in [0.2, 0.25) is 0 Å². The third kappa shape index (κ3) is 3.48. The number of hydrogen-bond acceptors (Lipinski definition) is 6. The highest BCUT2D eigenvalue weighted by molar-refractivity contribution is 7.87. The van der Waals surface area contributed by atoms with Crippen LogP contribution in [0.5, 0.6) is 11.5 Å². The zero-order chi connectivity index (χ0) is 15.5. The largest absolute Gasteiger partial charge is 0.497 e. The van der Waals surface area contributed by atoms with Gasteiger partial charge >= 0.3 is 10.1 Å². The summed E-state index contributed by atoms with van der Waals surface area (Å²) >= 11 is 0. The highest BCUT2D eigenvalue weighted by Crippen LogP contribution is 2.24. The van der Waals surface area contributed by atoms with Crippen molar-refractivity contribution in [3.05, 3.63) is 58.6 Å². The van der Waals surface area contributed by atoms with E-state index in [0.29, 0.717) is 5.75 Å². The van der Waals surface area contributed by atoms with Crippen molar-refractivity contribution in [2.24, 2.45) is 0 Å². The van der Waals surface area contributed by atoms with Crippen molar-refractivity contribution in [3.8, 4) is 11.5 Å². The molecule has 0 unspecified atom stereocenters. The van der Waals surface area contributed by atoms with E-state index in [2.05, 4.69) is 0 Å². The lowest BCUT2D eigenvalue weighted by atomic mass is 10.3. The SMILES string of the molecule is COc1cccc(OS(=O)(=O)c2cccc([N+](=O)[O-])c2)c1. The first-order chi connectivity index (χ1) is 9.92. The van der Waals surface area contributed by atoms with Gasteiger partial charge in [-0.2, -0.15) is 8.42 Å². The van der Waals surface area contributed by atoms with Crippen LogP contribution in [0.1, 0.15) is 0 Å². The Balaban J connectivity index is 2.33. The lowest BCUT2D eigenvalue weighted by Gasteiger charge is -2.08. The van der Waals surface area contributed by atoms with Gasteiger partial charge in [0.25, 0.3) is 5.69 Å². The molecule has 2 rings (SSSR count). The molecule has 0 amide bonds. The molecule has 0 N–H and O–H groups in total. The van der Waals surface area contributed by atoms with Gasteiger partial charge in [0.05, 0.1) is 12.0 Å². The van der Waals surface area contributed by atoms with E-state index in [9.17, 15) is 18.5 Å². The zero-order valence-corrected chi connectivity index (χ0v) is 11.7. The van der Waals surface area contributed by atoms with Crippen LogP contribution in [0.25, 0.3) is 0 Å². The fourth-order valence-corrected chi connectivity index (χ4v) is 2.54. The molecule has 0 fully saturated rings. The van der Waals surface area contributed by atoms with Crippen LogP contribution in [0, 0.1) is 10.1 Å². The van der Waals surface area contributed by atoms with Gasteiger partial charge in [-0.15, -0.1) is 0 Å². The fraction of sp³-hybridized carbons (Fsp3) is 0.0769. The lowest BCUT2D eigenvalue weighted by Crippen LogP contribution is -2.10. The van der Waals surface area contributed by atoms with Crippen LogP contribution >= 0.6 is 0 Å². The molecule has 21 heavy (non-hydrogen) atoms. The molecule has 0 saturated carbocycles. The second-order valence-electron chi connectivity index (χ2n) is 3.97. The van der Waals surface area contributed by atoms with E-state index < -0.39 is 15.0 Å². The summed E-state index contributed by atoms with van der Waals surface area (Å²) in [5, 5.41) is 10.7. The van der Waals surface area contributed by atoms with E-state index in [4.69, 9.17) is 8.92 Å². The summed E-state index contributed by atoms with van der Waals surface area (Å²) in [5.41, 5.74) is -0.328. The van der Waals surface area contributed by atoms with E-state index in [0.717, 1.165) is 6.07 Å². The Morgan fingerprint density at radius 1 is 1.05 bits per heavy atom. The van der Waals surface area contributed by atoms with E-state index >= 15 is 0 Å². The Morgan fingerprint density at radius 3 is 2.38 bits per heavy atom. The number of rotatable bonds is 5. The van der Waals surface area contributed by atoms with E-state index in [-0.39, 0.29) is 16.3 Å². The summed E-state index contributed by atoms with van der Waals surface area (Å²) in [7, 11) is -2.72. The summed E-state index contributed by atoms with van der Waals surface area (Å²) in [6, 6.07) is 10.7. The smallest absolute Gasteiger partial charge is 0.339 e. The van der Waals surface area contributed by atoms with Crippen molar-refractivity contribution in [1.29, 1.82) is 0 Å². The van der Waals surface area contributed by atoms with Crippen molar-refractivity contribution in [3.63, 3.8) is 0 Å². The van der Waals surface area contributed by atoms with Crippen molar-refractivity contribution in [2.75, 3.05) is 7.11 Å². The van der Waals surface area contributed by atoms with Crippen molar-refractivity contribution in [2.45, 2.75) is 4.90 Å². The quantitative estimate of drug-likeness (QED) is 0.478. The Labute approximate surface area is 121 Å². The Kier molecular flexibility index (Phi) is 4.08. The summed E-state index contributed by atoms with van der Waals surface area (Å²) in [4.78, 5) is 9.71. The van der Waals surface area contributed by atoms with Crippen LogP contribution in [-0.4, -0.2) is 20.5 Å². The molecule has 0 heterocycles. The van der Waals surface area contributed by atoms with E-state index in [1.807, 2.05) is 0 Å². The van der Waals surface area contributed by atoms with Gasteiger partial charge in [0.1, 0.15) is 16.4 Å². The monoisotopic (exact) mass is 309 g/mol. The first kappa shape index (κ1) is 14.8. The molecule has 0 aliphatic heterocycles. The average Bonchev–Trinajstić information content (AvgIpc) is 2.47. The van der Waals surface area contributed by atoms with Gasteiger partial charge in [0.15, 0.2) is 0 Å². The second-order valence-corrected chi connectivity index (χ2v) is 5.52. The number of non-ortho nitro benzene ring substituents is 1. The maximum absolute atomic E-state index is 12.1. The molecule has 2 aromatic rings. The third-order valence-corrected chi connectivity index (χ3v) is 3.81. The first-order valence-corrected chi connectivity index (χ1v) is 7.16. The molecule has 0 aliphatic carbocycles. The highest BCUT2D eigenvalue weighted by atomic mass is 32.2. The van der Waals surface area contributed by atoms with Gasteiger partial charge in [-0.25, -0.2) is 0 Å². The van der Waals surface area contributed by atoms with Crippen LogP contribution in [0.4, 0.5) is 5.69 Å². The molecule has 0 spiro atoms. The van der Waals surface area contributed by atoms with E-state index in [1.165, 1.54) is 37.4 Å². The van der Waals surface area contributed by atoms with Crippen LogP contribution in [0.15, 0.2) is 53.4 Å².